The molecular weight excluding hydrogens is 1660 g/mol. The second-order valence-corrected chi connectivity index (χ2v) is 55.6. The second kappa shape index (κ2) is 55.7. The molecule has 696 valence electrons. The third kappa shape index (κ3) is 47.1. The van der Waals surface area contributed by atoms with Crippen LogP contribution in [0.4, 0.5) is 28.8 Å². The summed E-state index contributed by atoms with van der Waals surface area (Å²) in [6.45, 7) is 44.6. The van der Waals surface area contributed by atoms with Crippen molar-refractivity contribution in [3.8, 4) is 0 Å². The number of alkyl carbamates (subject to hydrolysis) is 6. The van der Waals surface area contributed by atoms with E-state index in [0.717, 1.165) is 117 Å². The molecule has 0 aromatic carbocycles. The molecule has 0 aromatic heterocycles. The smallest absolute Gasteiger partial charge is 0.407 e. The van der Waals surface area contributed by atoms with Crippen LogP contribution in [-0.4, -0.2) is 390 Å². The fraction of sp³-hybridized carbons (Fsp3) is 0.923. The van der Waals surface area contributed by atoms with Crippen molar-refractivity contribution in [1.82, 2.24) is 61.3 Å². The molecule has 6 amide bonds. The third-order valence-corrected chi connectivity index (χ3v) is 50.8. The number of hydrogen-bond acceptors (Lipinski definition) is 30. The number of hydrogen-bond donors (Lipinski definition) is 6. The zero-order valence-electron chi connectivity index (χ0n) is 75.1. The molecule has 36 nitrogen and oxygen atoms in total. The topological polar surface area (TPSA) is 359 Å². The quantitative estimate of drug-likeness (QED) is 0.0146. The Labute approximate surface area is 722 Å². The van der Waals surface area contributed by atoms with E-state index in [0.29, 0.717) is 190 Å². The summed E-state index contributed by atoms with van der Waals surface area (Å²) in [5.41, 5.74) is 0. The van der Waals surface area contributed by atoms with E-state index >= 15 is 0 Å². The van der Waals surface area contributed by atoms with Gasteiger partial charge in [0.25, 0.3) is 0 Å². The maximum atomic E-state index is 12.8. The van der Waals surface area contributed by atoms with Gasteiger partial charge in [-0.1, -0.05) is 0 Å². The Morgan fingerprint density at radius 1 is 0.233 bits per heavy atom. The first-order valence-electron chi connectivity index (χ1n) is 45.1. The van der Waals surface area contributed by atoms with Gasteiger partial charge in [-0.25, -0.2) is 28.8 Å². The van der Waals surface area contributed by atoms with E-state index in [-0.39, 0.29) is 79.3 Å². The lowest BCUT2D eigenvalue weighted by Gasteiger charge is -2.50. The van der Waals surface area contributed by atoms with Crippen LogP contribution in [-0.2, 0) is 81.5 Å². The van der Waals surface area contributed by atoms with E-state index in [2.05, 4.69) is 142 Å². The molecule has 0 bridgehead atoms. The molecule has 0 saturated carbocycles. The van der Waals surface area contributed by atoms with Crippen LogP contribution in [0.3, 0.4) is 0 Å². The van der Waals surface area contributed by atoms with E-state index in [9.17, 15) is 28.8 Å². The molecule has 0 spiro atoms. The molecule has 7 saturated heterocycles. The summed E-state index contributed by atoms with van der Waals surface area (Å²) in [7, 11) is -21.5. The average Bonchev–Trinajstić information content (AvgIpc) is 1.60. The Kier molecular flexibility index (Phi) is 48.0. The largest absolute Gasteiger partial charge is 0.447 e. The highest BCUT2D eigenvalue weighted by Gasteiger charge is 2.57. The van der Waals surface area contributed by atoms with Crippen LogP contribution in [0.15, 0.2) is 0 Å². The molecule has 42 heteroatoms. The number of rotatable bonds is 66. The molecule has 6 atom stereocenters. The average molecular weight is 1810 g/mol. The standard InChI is InChI=1S/C78H156N12O24Si6/c1-67(85-31-32-85)19-25-79-73(91)103-55-49-97-43-13-61-115(7)109-116(8,62-14-44-98-50-56-104-74(92)80-26-20-68(2)86-33-34-86)111-118(10,64-16-46-100-52-58-106-76(94)82-28-22-70(4)88-37-38-88)113-120(12,66-18-48-102-54-60-108-78(96)84-30-24-72(6)90-41-42-90)114-119(11,65-17-47-101-53-59-107-77(95)83-29-23-71(5)89-39-40-89)112-117(9,110-115)63-15-45-99-51-57-105-75(93)81-27-21-69(3)87-35-36-87/h67-72H,13-66H2,1-12H3,(H,79,91)(H,80,92)(H,81,93)(H,82,94)(H,83,95)(H,84,96). The summed E-state index contributed by atoms with van der Waals surface area (Å²) in [5.74, 6) is 0. The zero-order valence-corrected chi connectivity index (χ0v) is 81.1. The molecule has 7 heterocycles. The Bertz CT molecular complexity index is 2420. The van der Waals surface area contributed by atoms with Crippen LogP contribution in [0.1, 0.15) is 119 Å². The van der Waals surface area contributed by atoms with Crippen molar-refractivity contribution in [1.29, 1.82) is 0 Å². The molecule has 0 radical (unpaired) electrons. The van der Waals surface area contributed by atoms with Gasteiger partial charge < -0.3 is 113 Å². The first-order valence-corrected chi connectivity index (χ1v) is 60.2. The maximum Gasteiger partial charge on any atom is 0.407 e. The molecule has 7 fully saturated rings. The van der Waals surface area contributed by atoms with Gasteiger partial charge in [-0.3, -0.25) is 29.4 Å². The summed E-state index contributed by atoms with van der Waals surface area (Å²) in [6, 6.07) is 4.97. The minimum atomic E-state index is -3.58. The highest BCUT2D eigenvalue weighted by atomic mass is 28.5. The summed E-state index contributed by atoms with van der Waals surface area (Å²) >= 11 is 0. The summed E-state index contributed by atoms with van der Waals surface area (Å²) in [6.07, 6.45) is 5.03. The van der Waals surface area contributed by atoms with Crippen molar-refractivity contribution >= 4 is 87.9 Å². The maximum absolute atomic E-state index is 12.8. The first-order chi connectivity index (χ1) is 57.5. The lowest BCUT2D eigenvalue weighted by atomic mass is 10.2. The number of carbonyl (C=O) groups is 6. The molecule has 7 rings (SSSR count). The van der Waals surface area contributed by atoms with Gasteiger partial charge in [-0.2, -0.15) is 0 Å². The SMILES string of the molecule is CC(CCNC(=O)OCCOCCC[Si]1(C)O[Si](C)(CCCOCCOC(=O)NCCC(C)N2CC2)O[Si](C)(CCCOCCOC(=O)NCCC(C)N2CC2)O[Si](C)(CCCOCCOC(=O)NCCC(C)N2CC2)O[Si](C)(CCCOCCOC(=O)NCCC(C)N2CC2)O[Si](C)(CCCOCCOC(=O)NCCC(C)N2CC2)O1)N1CC1. The van der Waals surface area contributed by atoms with E-state index < -0.39 is 87.9 Å². The molecule has 7 aliphatic rings. The van der Waals surface area contributed by atoms with Crippen LogP contribution >= 0.6 is 0 Å². The lowest BCUT2D eigenvalue weighted by molar-refractivity contribution is 0.0716. The normalized spacial score (nSPS) is 25.5. The lowest BCUT2D eigenvalue weighted by Crippen LogP contribution is -2.67. The van der Waals surface area contributed by atoms with Crippen molar-refractivity contribution in [2.45, 2.75) is 230 Å². The molecule has 7 aliphatic heterocycles. The van der Waals surface area contributed by atoms with E-state index in [1.165, 1.54) is 0 Å². The first kappa shape index (κ1) is 103. The monoisotopic (exact) mass is 1810 g/mol. The number of amides is 6. The number of carbonyl (C=O) groups excluding carboxylic acids is 6. The Morgan fingerprint density at radius 2 is 0.367 bits per heavy atom. The van der Waals surface area contributed by atoms with Crippen molar-refractivity contribution in [2.24, 2.45) is 0 Å². The number of ether oxygens (including phenoxy) is 12. The predicted octanol–water partition coefficient (Wildman–Crippen LogP) is 7.89. The molecular formula is C78H156N12O24Si6. The van der Waals surface area contributed by atoms with Crippen LogP contribution in [0, 0.1) is 0 Å². The van der Waals surface area contributed by atoms with Crippen LogP contribution in [0.2, 0.25) is 75.5 Å². The zero-order chi connectivity index (χ0) is 86.5. The summed E-state index contributed by atoms with van der Waals surface area (Å²) in [4.78, 5) is 90.7. The van der Waals surface area contributed by atoms with Crippen molar-refractivity contribution in [3.05, 3.63) is 0 Å². The molecule has 0 aliphatic carbocycles. The van der Waals surface area contributed by atoms with Crippen LogP contribution in [0.25, 0.3) is 0 Å². The Balaban J connectivity index is 1.13. The van der Waals surface area contributed by atoms with Gasteiger partial charge >= 0.3 is 87.9 Å². The van der Waals surface area contributed by atoms with Crippen molar-refractivity contribution in [2.75, 3.05) is 237 Å². The molecule has 6 N–H and O–H groups in total. The molecule has 6 unspecified atom stereocenters. The Hall–Kier alpha value is -3.80. The number of nitrogens with zero attached hydrogens (tertiary/aromatic N) is 6. The Morgan fingerprint density at radius 3 is 0.492 bits per heavy atom. The van der Waals surface area contributed by atoms with Crippen LogP contribution < -0.4 is 31.9 Å². The van der Waals surface area contributed by atoms with Gasteiger partial charge in [0.05, 0.1) is 39.6 Å². The fourth-order valence-corrected chi connectivity index (χ4v) is 49.7. The highest BCUT2D eigenvalue weighted by Crippen LogP contribution is 2.40. The van der Waals surface area contributed by atoms with Gasteiger partial charge in [0.15, 0.2) is 0 Å². The van der Waals surface area contributed by atoms with Gasteiger partial charge in [0.2, 0.25) is 0 Å². The predicted molar refractivity (Wildman–Crippen MR) is 468 cm³/mol. The third-order valence-electron chi connectivity index (χ3n) is 22.5. The van der Waals surface area contributed by atoms with E-state index in [1.807, 2.05) is 0 Å². The number of nitrogens with one attached hydrogen (secondary N) is 6. The van der Waals surface area contributed by atoms with Gasteiger partial charge in [-0.15, -0.1) is 0 Å². The van der Waals surface area contributed by atoms with Crippen molar-refractivity contribution in [3.63, 3.8) is 0 Å². The van der Waals surface area contributed by atoms with Gasteiger partial charge in [0, 0.05) is 194 Å². The van der Waals surface area contributed by atoms with E-state index in [1.54, 1.807) is 0 Å². The fourth-order valence-electron chi connectivity index (χ4n) is 14.9. The van der Waals surface area contributed by atoms with Crippen LogP contribution in [0.5, 0.6) is 0 Å². The molecule has 0 aromatic rings. The van der Waals surface area contributed by atoms with Crippen molar-refractivity contribution < 1.29 is 110 Å². The molecule has 120 heavy (non-hydrogen) atoms. The summed E-state index contributed by atoms with van der Waals surface area (Å²) < 4.78 is 118. The second-order valence-electron chi connectivity index (χ2n) is 34.1. The van der Waals surface area contributed by atoms with Gasteiger partial charge in [-0.05, 0) is 194 Å². The van der Waals surface area contributed by atoms with Gasteiger partial charge in [0.1, 0.15) is 39.6 Å². The highest BCUT2D eigenvalue weighted by molar-refractivity contribution is 6.94. The minimum Gasteiger partial charge on any atom is -0.447 e. The summed E-state index contributed by atoms with van der Waals surface area (Å²) in [5, 5.41) is 17.2. The minimum absolute atomic E-state index is 0.0603. The van der Waals surface area contributed by atoms with E-state index in [4.69, 9.17) is 81.5 Å².